The highest BCUT2D eigenvalue weighted by Crippen LogP contribution is 2.19. The number of halogens is 1. The molecule has 2 aromatic rings. The molecule has 0 saturated heterocycles. The summed E-state index contributed by atoms with van der Waals surface area (Å²) in [4.78, 5) is 19.2. The highest BCUT2D eigenvalue weighted by molar-refractivity contribution is 9.10. The van der Waals surface area contributed by atoms with Gasteiger partial charge in [-0.2, -0.15) is 0 Å². The first kappa shape index (κ1) is 12.0. The lowest BCUT2D eigenvalue weighted by atomic mass is 10.2. The molecular weight excluding hydrogens is 306 g/mol. The van der Waals surface area contributed by atoms with Crippen molar-refractivity contribution in [3.63, 3.8) is 0 Å². The molecule has 2 N–H and O–H groups in total. The van der Waals surface area contributed by atoms with Crippen molar-refractivity contribution >= 4 is 39.1 Å². The highest BCUT2D eigenvalue weighted by atomic mass is 79.9. The average molecular weight is 314 g/mol. The molecular formula is C10H8BrN3O2S. The molecule has 0 atom stereocenters. The van der Waals surface area contributed by atoms with Crippen LogP contribution in [0.15, 0.2) is 28.3 Å². The Morgan fingerprint density at radius 3 is 3.00 bits per heavy atom. The number of anilines is 1. The molecule has 0 radical (unpaired) electrons. The number of nitrogens with one attached hydrogen (secondary N) is 1. The van der Waals surface area contributed by atoms with Gasteiger partial charge in [0.1, 0.15) is 16.4 Å². The number of nitrogens with zero attached hydrogens (tertiary/aromatic N) is 2. The maximum Gasteiger partial charge on any atom is 0.339 e. The number of carboxylic acids is 1. The quantitative estimate of drug-likeness (QED) is 0.907. The van der Waals surface area contributed by atoms with Gasteiger partial charge in [-0.1, -0.05) is 0 Å². The number of carbonyl (C=O) groups is 1. The van der Waals surface area contributed by atoms with Crippen molar-refractivity contribution in [3.05, 3.63) is 38.9 Å². The Morgan fingerprint density at radius 2 is 2.35 bits per heavy atom. The third-order valence-electron chi connectivity index (χ3n) is 1.98. The van der Waals surface area contributed by atoms with E-state index in [9.17, 15) is 4.79 Å². The number of thiazole rings is 1. The molecule has 7 heteroatoms. The van der Waals surface area contributed by atoms with Crippen LogP contribution in [-0.4, -0.2) is 21.0 Å². The number of hydrogen-bond acceptors (Lipinski definition) is 5. The Bertz CT molecular complexity index is 530. The maximum atomic E-state index is 11.0. The van der Waals surface area contributed by atoms with Gasteiger partial charge >= 0.3 is 5.97 Å². The topological polar surface area (TPSA) is 75.1 Å². The lowest BCUT2D eigenvalue weighted by Crippen LogP contribution is -2.08. The number of aromatic nitrogens is 2. The summed E-state index contributed by atoms with van der Waals surface area (Å²) in [5.74, 6) is -0.670. The Kier molecular flexibility index (Phi) is 3.70. The van der Waals surface area contributed by atoms with Crippen LogP contribution in [0.2, 0.25) is 0 Å². The van der Waals surface area contributed by atoms with Gasteiger partial charge in [0.2, 0.25) is 0 Å². The van der Waals surface area contributed by atoms with Crippen molar-refractivity contribution in [2.24, 2.45) is 0 Å². The van der Waals surface area contributed by atoms with Crippen LogP contribution < -0.4 is 5.32 Å². The fourth-order valence-electron chi connectivity index (χ4n) is 1.24. The van der Waals surface area contributed by atoms with Gasteiger partial charge in [0.15, 0.2) is 0 Å². The van der Waals surface area contributed by atoms with E-state index in [0.29, 0.717) is 16.8 Å². The molecule has 0 unspecified atom stereocenters. The van der Waals surface area contributed by atoms with E-state index in [-0.39, 0.29) is 5.56 Å². The molecule has 0 aliphatic rings. The Balaban J connectivity index is 2.17. The second-order valence-corrected chi connectivity index (χ2v) is 5.03. The summed E-state index contributed by atoms with van der Waals surface area (Å²) >= 11 is 4.69. The summed E-state index contributed by atoms with van der Waals surface area (Å²) in [6, 6.07) is 1.51. The van der Waals surface area contributed by atoms with Crippen LogP contribution in [0.4, 0.5) is 5.82 Å². The zero-order valence-corrected chi connectivity index (χ0v) is 11.0. The van der Waals surface area contributed by atoms with Gasteiger partial charge < -0.3 is 10.4 Å². The number of rotatable bonds is 4. The molecule has 0 spiro atoms. The largest absolute Gasteiger partial charge is 0.478 e. The lowest BCUT2D eigenvalue weighted by molar-refractivity contribution is 0.0697. The SMILES string of the molecule is O=C(O)c1cc(Br)cnc1NCc1nccs1. The van der Waals surface area contributed by atoms with Gasteiger partial charge in [-0.05, 0) is 22.0 Å². The van der Waals surface area contributed by atoms with Crippen molar-refractivity contribution in [2.75, 3.05) is 5.32 Å². The minimum atomic E-state index is -1.01. The average Bonchev–Trinajstić information content (AvgIpc) is 2.80. The van der Waals surface area contributed by atoms with Gasteiger partial charge in [-0.25, -0.2) is 14.8 Å². The van der Waals surface area contributed by atoms with Crippen LogP contribution in [0.3, 0.4) is 0 Å². The molecule has 0 saturated carbocycles. The number of aromatic carboxylic acids is 1. The van der Waals surface area contributed by atoms with Crippen LogP contribution in [0, 0.1) is 0 Å². The molecule has 2 rings (SSSR count). The molecule has 0 fully saturated rings. The van der Waals surface area contributed by atoms with Gasteiger partial charge in [-0.3, -0.25) is 0 Å². The molecule has 88 valence electrons. The van der Waals surface area contributed by atoms with Crippen molar-refractivity contribution < 1.29 is 9.90 Å². The van der Waals surface area contributed by atoms with E-state index < -0.39 is 5.97 Å². The smallest absolute Gasteiger partial charge is 0.339 e. The number of pyridine rings is 1. The molecule has 5 nitrogen and oxygen atoms in total. The summed E-state index contributed by atoms with van der Waals surface area (Å²) in [5, 5.41) is 14.7. The second kappa shape index (κ2) is 5.24. The minimum Gasteiger partial charge on any atom is -0.478 e. The van der Waals surface area contributed by atoms with Crippen molar-refractivity contribution in [3.8, 4) is 0 Å². The number of hydrogen-bond donors (Lipinski definition) is 2. The Hall–Kier alpha value is -1.47. The first-order valence-corrected chi connectivity index (χ1v) is 6.35. The van der Waals surface area contributed by atoms with E-state index in [1.807, 2.05) is 5.38 Å². The van der Waals surface area contributed by atoms with E-state index in [1.54, 1.807) is 12.4 Å². The fraction of sp³-hybridized carbons (Fsp3) is 0.100. The first-order valence-electron chi connectivity index (χ1n) is 4.68. The summed E-state index contributed by atoms with van der Waals surface area (Å²) in [6.07, 6.45) is 3.26. The van der Waals surface area contributed by atoms with E-state index >= 15 is 0 Å². The van der Waals surface area contributed by atoms with Crippen molar-refractivity contribution in [2.45, 2.75) is 6.54 Å². The van der Waals surface area contributed by atoms with Gasteiger partial charge in [0.05, 0.1) is 6.54 Å². The molecule has 0 aliphatic heterocycles. The van der Waals surface area contributed by atoms with E-state index in [2.05, 4.69) is 31.2 Å². The zero-order chi connectivity index (χ0) is 12.3. The predicted molar refractivity (Wildman–Crippen MR) is 68.3 cm³/mol. The first-order chi connectivity index (χ1) is 8.16. The third-order valence-corrected chi connectivity index (χ3v) is 3.19. The van der Waals surface area contributed by atoms with Gasteiger partial charge in [0, 0.05) is 22.2 Å². The van der Waals surface area contributed by atoms with Crippen LogP contribution in [0.1, 0.15) is 15.4 Å². The van der Waals surface area contributed by atoms with Crippen LogP contribution >= 0.6 is 27.3 Å². The van der Waals surface area contributed by atoms with Crippen LogP contribution in [0.25, 0.3) is 0 Å². The standard InChI is InChI=1S/C10H8BrN3O2S/c11-6-3-7(10(15)16)9(13-4-6)14-5-8-12-1-2-17-8/h1-4H,5H2,(H,13,14)(H,15,16). The third kappa shape index (κ3) is 3.01. The molecule has 0 aliphatic carbocycles. The van der Waals surface area contributed by atoms with E-state index in [4.69, 9.17) is 5.11 Å². The highest BCUT2D eigenvalue weighted by Gasteiger charge is 2.12. The summed E-state index contributed by atoms with van der Waals surface area (Å²) < 4.78 is 0.634. The maximum absolute atomic E-state index is 11.0. The van der Waals surface area contributed by atoms with Crippen molar-refractivity contribution in [1.29, 1.82) is 0 Å². The summed E-state index contributed by atoms with van der Waals surface area (Å²) in [5.41, 5.74) is 0.135. The van der Waals surface area contributed by atoms with E-state index in [1.165, 1.54) is 17.4 Å². The second-order valence-electron chi connectivity index (χ2n) is 3.13. The monoisotopic (exact) mass is 313 g/mol. The predicted octanol–water partition coefficient (Wildman–Crippen LogP) is 2.61. The van der Waals surface area contributed by atoms with Gasteiger partial charge in [0.25, 0.3) is 0 Å². The van der Waals surface area contributed by atoms with Crippen LogP contribution in [0.5, 0.6) is 0 Å². The minimum absolute atomic E-state index is 0.135. The fourth-order valence-corrected chi connectivity index (χ4v) is 2.13. The molecule has 2 aromatic heterocycles. The molecule has 0 aromatic carbocycles. The van der Waals surface area contributed by atoms with Crippen LogP contribution in [-0.2, 0) is 6.54 Å². The molecule has 17 heavy (non-hydrogen) atoms. The lowest BCUT2D eigenvalue weighted by Gasteiger charge is -2.07. The van der Waals surface area contributed by atoms with E-state index in [0.717, 1.165) is 5.01 Å². The van der Waals surface area contributed by atoms with Gasteiger partial charge in [-0.15, -0.1) is 11.3 Å². The molecule has 2 heterocycles. The normalized spacial score (nSPS) is 10.2. The number of carboxylic acid groups (broad SMARTS) is 1. The zero-order valence-electron chi connectivity index (χ0n) is 8.55. The molecule has 0 amide bonds. The Labute approximate surface area is 110 Å². The van der Waals surface area contributed by atoms with Crippen molar-refractivity contribution in [1.82, 2.24) is 9.97 Å². The molecule has 0 bridgehead atoms. The summed E-state index contributed by atoms with van der Waals surface area (Å²) in [6.45, 7) is 0.465. The summed E-state index contributed by atoms with van der Waals surface area (Å²) in [7, 11) is 0. The Morgan fingerprint density at radius 1 is 1.53 bits per heavy atom.